The van der Waals surface area contributed by atoms with Gasteiger partial charge in [-0.3, -0.25) is 0 Å². The number of rotatable bonds is 5. The second kappa shape index (κ2) is 6.18. The molecule has 1 aromatic carbocycles. The fourth-order valence-electron chi connectivity index (χ4n) is 1.73. The molecule has 0 unspecified atom stereocenters. The quantitative estimate of drug-likeness (QED) is 0.857. The van der Waals surface area contributed by atoms with Gasteiger partial charge in [0.15, 0.2) is 0 Å². The van der Waals surface area contributed by atoms with Crippen LogP contribution in [0, 0.1) is 13.8 Å². The summed E-state index contributed by atoms with van der Waals surface area (Å²) in [4.78, 5) is 8.82. The van der Waals surface area contributed by atoms with Crippen LogP contribution in [0.1, 0.15) is 24.6 Å². The van der Waals surface area contributed by atoms with Crippen molar-refractivity contribution in [2.45, 2.75) is 27.2 Å². The van der Waals surface area contributed by atoms with Gasteiger partial charge in [0.25, 0.3) is 0 Å². The first-order valence-electron chi connectivity index (χ1n) is 6.60. The molecule has 0 aliphatic heterocycles. The summed E-state index contributed by atoms with van der Waals surface area (Å²) in [5, 5.41) is 6.51. The molecule has 0 bridgehead atoms. The number of nitrogens with one attached hydrogen (secondary N) is 2. The Morgan fingerprint density at radius 3 is 2.47 bits per heavy atom. The predicted molar refractivity (Wildman–Crippen MR) is 80.0 cm³/mol. The molecule has 2 N–H and O–H groups in total. The van der Waals surface area contributed by atoms with E-state index in [2.05, 4.69) is 46.6 Å². The molecular weight excluding hydrogens is 236 g/mol. The zero-order chi connectivity index (χ0) is 13.7. The van der Waals surface area contributed by atoms with Gasteiger partial charge in [-0.15, -0.1) is 0 Å². The molecule has 0 saturated carbocycles. The number of hydrogen-bond donors (Lipinski definition) is 2. The van der Waals surface area contributed by atoms with Crippen LogP contribution in [0.25, 0.3) is 0 Å². The predicted octanol–water partition coefficient (Wildman–Crippen LogP) is 3.66. The monoisotopic (exact) mass is 256 g/mol. The van der Waals surface area contributed by atoms with Gasteiger partial charge in [-0.2, -0.15) is 4.98 Å². The van der Waals surface area contributed by atoms with Crippen molar-refractivity contribution in [3.8, 4) is 0 Å². The number of hydrogen-bond acceptors (Lipinski definition) is 4. The number of aryl methyl sites for hydroxylation is 2. The van der Waals surface area contributed by atoms with Gasteiger partial charge in [-0.25, -0.2) is 4.98 Å². The Labute approximate surface area is 114 Å². The highest BCUT2D eigenvalue weighted by atomic mass is 15.1. The maximum absolute atomic E-state index is 4.46. The first-order chi connectivity index (χ1) is 9.17. The van der Waals surface area contributed by atoms with E-state index < -0.39 is 0 Å². The van der Waals surface area contributed by atoms with Crippen molar-refractivity contribution in [2.75, 3.05) is 17.2 Å². The number of anilines is 3. The molecule has 1 aromatic heterocycles. The van der Waals surface area contributed by atoms with E-state index in [-0.39, 0.29) is 0 Å². The first-order valence-corrected chi connectivity index (χ1v) is 6.60. The van der Waals surface area contributed by atoms with Crippen LogP contribution in [0.4, 0.5) is 17.5 Å². The fourth-order valence-corrected chi connectivity index (χ4v) is 1.73. The van der Waals surface area contributed by atoms with Crippen molar-refractivity contribution in [2.24, 2.45) is 0 Å². The second-order valence-corrected chi connectivity index (χ2v) is 4.64. The molecular formula is C15H20N4. The maximum atomic E-state index is 4.46. The molecule has 100 valence electrons. The molecule has 19 heavy (non-hydrogen) atoms. The molecule has 4 heteroatoms. The van der Waals surface area contributed by atoms with Gasteiger partial charge in [0.05, 0.1) is 0 Å². The van der Waals surface area contributed by atoms with Crippen LogP contribution >= 0.6 is 0 Å². The van der Waals surface area contributed by atoms with Crippen LogP contribution in [0.15, 0.2) is 30.3 Å². The largest absolute Gasteiger partial charge is 0.354 e. The highest BCUT2D eigenvalue weighted by Gasteiger charge is 2.02. The molecule has 2 aromatic rings. The third-order valence-corrected chi connectivity index (χ3v) is 2.71. The Morgan fingerprint density at radius 1 is 1.05 bits per heavy atom. The average Bonchev–Trinajstić information content (AvgIpc) is 2.38. The smallest absolute Gasteiger partial charge is 0.224 e. The van der Waals surface area contributed by atoms with Crippen LogP contribution in [0.3, 0.4) is 0 Å². The molecule has 0 aliphatic rings. The van der Waals surface area contributed by atoms with E-state index in [1.807, 2.05) is 25.1 Å². The normalized spacial score (nSPS) is 10.3. The SMILES string of the molecule is CCCNc1nc(C)cc(Nc2ccc(C)cc2)n1. The summed E-state index contributed by atoms with van der Waals surface area (Å²) in [5.41, 5.74) is 3.23. The van der Waals surface area contributed by atoms with Crippen molar-refractivity contribution in [3.05, 3.63) is 41.6 Å². The molecule has 0 radical (unpaired) electrons. The lowest BCUT2D eigenvalue weighted by atomic mass is 10.2. The first kappa shape index (κ1) is 13.3. The Balaban J connectivity index is 2.15. The topological polar surface area (TPSA) is 49.8 Å². The van der Waals surface area contributed by atoms with Crippen LogP contribution in [-0.2, 0) is 0 Å². The minimum atomic E-state index is 0.677. The highest BCUT2D eigenvalue weighted by molar-refractivity contribution is 5.57. The van der Waals surface area contributed by atoms with Crippen molar-refractivity contribution < 1.29 is 0 Å². The summed E-state index contributed by atoms with van der Waals surface area (Å²) < 4.78 is 0. The molecule has 0 saturated heterocycles. The van der Waals surface area contributed by atoms with Gasteiger partial charge in [-0.05, 0) is 32.4 Å². The van der Waals surface area contributed by atoms with Crippen LogP contribution in [-0.4, -0.2) is 16.5 Å². The van der Waals surface area contributed by atoms with Crippen LogP contribution in [0.5, 0.6) is 0 Å². The number of nitrogens with zero attached hydrogens (tertiary/aromatic N) is 2. The molecule has 0 spiro atoms. The van der Waals surface area contributed by atoms with Crippen molar-refractivity contribution >= 4 is 17.5 Å². The van der Waals surface area contributed by atoms with Gasteiger partial charge in [0, 0.05) is 24.0 Å². The highest BCUT2D eigenvalue weighted by Crippen LogP contribution is 2.17. The molecule has 0 aliphatic carbocycles. The van der Waals surface area contributed by atoms with E-state index in [4.69, 9.17) is 0 Å². The third kappa shape index (κ3) is 3.95. The van der Waals surface area contributed by atoms with Crippen molar-refractivity contribution in [1.29, 1.82) is 0 Å². The summed E-state index contributed by atoms with van der Waals surface area (Å²) in [5.74, 6) is 1.49. The number of aromatic nitrogens is 2. The summed E-state index contributed by atoms with van der Waals surface area (Å²) in [6, 6.07) is 10.2. The Kier molecular flexibility index (Phi) is 4.34. The Bertz CT molecular complexity index is 534. The third-order valence-electron chi connectivity index (χ3n) is 2.71. The molecule has 0 amide bonds. The molecule has 4 nitrogen and oxygen atoms in total. The van der Waals surface area contributed by atoms with Crippen LogP contribution in [0.2, 0.25) is 0 Å². The lowest BCUT2D eigenvalue weighted by molar-refractivity contribution is 0.947. The lowest BCUT2D eigenvalue weighted by Gasteiger charge is -2.09. The zero-order valence-electron chi connectivity index (χ0n) is 11.7. The average molecular weight is 256 g/mol. The lowest BCUT2D eigenvalue weighted by Crippen LogP contribution is -2.06. The van der Waals surface area contributed by atoms with E-state index in [0.717, 1.165) is 30.2 Å². The fraction of sp³-hybridized carbons (Fsp3) is 0.333. The summed E-state index contributed by atoms with van der Waals surface area (Å²) in [7, 11) is 0. The van der Waals surface area contributed by atoms with E-state index in [1.165, 1.54) is 5.56 Å². The molecule has 0 fully saturated rings. The minimum absolute atomic E-state index is 0.677. The van der Waals surface area contributed by atoms with Gasteiger partial charge in [-0.1, -0.05) is 24.6 Å². The van der Waals surface area contributed by atoms with E-state index in [9.17, 15) is 0 Å². The van der Waals surface area contributed by atoms with Gasteiger partial charge in [0.1, 0.15) is 5.82 Å². The molecule has 2 rings (SSSR count). The van der Waals surface area contributed by atoms with Gasteiger partial charge in [0.2, 0.25) is 5.95 Å². The molecule has 1 heterocycles. The van der Waals surface area contributed by atoms with E-state index in [1.54, 1.807) is 0 Å². The van der Waals surface area contributed by atoms with E-state index in [0.29, 0.717) is 5.95 Å². The molecule has 0 atom stereocenters. The second-order valence-electron chi connectivity index (χ2n) is 4.64. The van der Waals surface area contributed by atoms with Gasteiger partial charge < -0.3 is 10.6 Å². The summed E-state index contributed by atoms with van der Waals surface area (Å²) in [6.07, 6.45) is 1.05. The number of benzene rings is 1. The van der Waals surface area contributed by atoms with Crippen molar-refractivity contribution in [3.63, 3.8) is 0 Å². The Morgan fingerprint density at radius 2 is 1.79 bits per heavy atom. The summed E-state index contributed by atoms with van der Waals surface area (Å²) >= 11 is 0. The maximum Gasteiger partial charge on any atom is 0.224 e. The van der Waals surface area contributed by atoms with E-state index >= 15 is 0 Å². The minimum Gasteiger partial charge on any atom is -0.354 e. The Hall–Kier alpha value is -2.10. The van der Waals surface area contributed by atoms with Crippen molar-refractivity contribution in [1.82, 2.24) is 9.97 Å². The van der Waals surface area contributed by atoms with Crippen LogP contribution < -0.4 is 10.6 Å². The summed E-state index contributed by atoms with van der Waals surface area (Å²) in [6.45, 7) is 7.05. The zero-order valence-corrected chi connectivity index (χ0v) is 11.7. The van der Waals surface area contributed by atoms with Gasteiger partial charge >= 0.3 is 0 Å². The standard InChI is InChI=1S/C15H20N4/c1-4-9-16-15-17-12(3)10-14(19-15)18-13-7-5-11(2)6-8-13/h5-8,10H,4,9H2,1-3H3,(H2,16,17,18,19).